The van der Waals surface area contributed by atoms with Crippen molar-refractivity contribution in [2.75, 3.05) is 59.9 Å². The van der Waals surface area contributed by atoms with Crippen LogP contribution in [0.4, 0.5) is 4.39 Å². The Kier molecular flexibility index (Phi) is 11.9. The van der Waals surface area contributed by atoms with Gasteiger partial charge < -0.3 is 20.0 Å². The van der Waals surface area contributed by atoms with Gasteiger partial charge in [0.15, 0.2) is 5.96 Å². The third-order valence-corrected chi connectivity index (χ3v) is 5.00. The normalized spacial score (nSPS) is 16.1. The zero-order valence-corrected chi connectivity index (χ0v) is 19.3. The van der Waals surface area contributed by atoms with Crippen molar-refractivity contribution in [3.63, 3.8) is 0 Å². The molecule has 1 heterocycles. The Balaban J connectivity index is 0.00000364. The van der Waals surface area contributed by atoms with E-state index in [0.717, 1.165) is 24.5 Å². The molecule has 1 aliphatic rings. The van der Waals surface area contributed by atoms with Crippen LogP contribution in [0.3, 0.4) is 0 Å². The highest BCUT2D eigenvalue weighted by molar-refractivity contribution is 14.0. The largest absolute Gasteiger partial charge is 0.356 e. The Morgan fingerprint density at radius 2 is 1.74 bits per heavy atom. The van der Waals surface area contributed by atoms with Crippen molar-refractivity contribution in [3.8, 4) is 0 Å². The van der Waals surface area contributed by atoms with Crippen molar-refractivity contribution in [3.05, 3.63) is 35.6 Å². The summed E-state index contributed by atoms with van der Waals surface area (Å²) in [6, 6.07) is 6.63. The van der Waals surface area contributed by atoms with Gasteiger partial charge in [0.05, 0.1) is 0 Å². The molecule has 0 unspecified atom stereocenters. The second kappa shape index (κ2) is 13.3. The summed E-state index contributed by atoms with van der Waals surface area (Å²) >= 11 is 0. The average molecular weight is 491 g/mol. The van der Waals surface area contributed by atoms with Gasteiger partial charge in [-0.2, -0.15) is 0 Å². The number of nitrogens with zero attached hydrogens (tertiary/aromatic N) is 4. The predicted octanol–water partition coefficient (Wildman–Crippen LogP) is 2.87. The summed E-state index contributed by atoms with van der Waals surface area (Å²) in [5.41, 5.74) is 1.07. The van der Waals surface area contributed by atoms with Gasteiger partial charge in [-0.25, -0.2) is 4.39 Å². The fourth-order valence-electron chi connectivity index (χ4n) is 3.31. The molecule has 27 heavy (non-hydrogen) atoms. The third kappa shape index (κ3) is 8.74. The first-order chi connectivity index (χ1) is 12.6. The first-order valence-corrected chi connectivity index (χ1v) is 9.73. The van der Waals surface area contributed by atoms with Crippen molar-refractivity contribution in [2.24, 2.45) is 4.99 Å². The third-order valence-electron chi connectivity index (χ3n) is 5.00. The maximum Gasteiger partial charge on any atom is 0.193 e. The van der Waals surface area contributed by atoms with E-state index in [2.05, 4.69) is 31.9 Å². The molecule has 1 aromatic carbocycles. The van der Waals surface area contributed by atoms with Gasteiger partial charge in [-0.05, 0) is 43.6 Å². The summed E-state index contributed by atoms with van der Waals surface area (Å²) in [6.45, 7) is 11.0. The molecule has 1 saturated heterocycles. The van der Waals surface area contributed by atoms with Gasteiger partial charge in [0, 0.05) is 53.4 Å². The van der Waals surface area contributed by atoms with Crippen molar-refractivity contribution >= 4 is 29.9 Å². The van der Waals surface area contributed by atoms with Crippen LogP contribution in [0.25, 0.3) is 0 Å². The van der Waals surface area contributed by atoms with E-state index in [-0.39, 0.29) is 29.8 Å². The molecule has 5 nitrogen and oxygen atoms in total. The number of halogens is 2. The predicted molar refractivity (Wildman–Crippen MR) is 122 cm³/mol. The first-order valence-electron chi connectivity index (χ1n) is 9.73. The second-order valence-corrected chi connectivity index (χ2v) is 6.94. The molecule has 0 radical (unpaired) electrons. The molecule has 0 atom stereocenters. The number of likely N-dealkylation sites (N-methyl/N-ethyl adjacent to an activating group) is 1. The fourth-order valence-corrected chi connectivity index (χ4v) is 3.31. The van der Waals surface area contributed by atoms with Crippen LogP contribution in [-0.4, -0.2) is 80.6 Å². The number of hydrogen-bond acceptors (Lipinski definition) is 3. The van der Waals surface area contributed by atoms with Crippen molar-refractivity contribution in [1.82, 2.24) is 20.0 Å². The zero-order valence-electron chi connectivity index (χ0n) is 17.0. The van der Waals surface area contributed by atoms with E-state index in [9.17, 15) is 4.39 Å². The van der Waals surface area contributed by atoms with Gasteiger partial charge in [-0.1, -0.05) is 19.1 Å². The van der Waals surface area contributed by atoms with Crippen LogP contribution in [0.5, 0.6) is 0 Å². The van der Waals surface area contributed by atoms with Crippen LogP contribution < -0.4 is 5.32 Å². The first kappa shape index (κ1) is 24.1. The Morgan fingerprint density at radius 3 is 2.33 bits per heavy atom. The van der Waals surface area contributed by atoms with E-state index < -0.39 is 0 Å². The number of unbranched alkanes of at least 4 members (excludes halogenated alkanes) is 1. The zero-order chi connectivity index (χ0) is 18.8. The molecule has 0 amide bonds. The molecule has 0 bridgehead atoms. The Hall–Kier alpha value is -0.930. The molecule has 1 fully saturated rings. The molecule has 0 aliphatic carbocycles. The molecule has 1 N–H and O–H groups in total. The van der Waals surface area contributed by atoms with Gasteiger partial charge in [-0.15, -0.1) is 24.0 Å². The van der Waals surface area contributed by atoms with Crippen LogP contribution in [0.2, 0.25) is 0 Å². The SMILES string of the molecule is CCN1CCN(CCCCNC(=NC)N(C)Cc2ccc(F)cc2)CC1.I. The summed E-state index contributed by atoms with van der Waals surface area (Å²) in [6.07, 6.45) is 2.34. The van der Waals surface area contributed by atoms with E-state index in [0.29, 0.717) is 6.54 Å². The van der Waals surface area contributed by atoms with Crippen LogP contribution in [0.15, 0.2) is 29.3 Å². The highest BCUT2D eigenvalue weighted by atomic mass is 127. The van der Waals surface area contributed by atoms with Gasteiger partial charge in [0.2, 0.25) is 0 Å². The molecule has 0 spiro atoms. The molecule has 0 aromatic heterocycles. The van der Waals surface area contributed by atoms with E-state index in [1.165, 1.54) is 57.8 Å². The molecule has 154 valence electrons. The van der Waals surface area contributed by atoms with Crippen LogP contribution in [0.1, 0.15) is 25.3 Å². The number of rotatable bonds is 8. The van der Waals surface area contributed by atoms with E-state index in [1.807, 2.05) is 19.2 Å². The van der Waals surface area contributed by atoms with Gasteiger partial charge in [0.25, 0.3) is 0 Å². The summed E-state index contributed by atoms with van der Waals surface area (Å²) in [4.78, 5) is 11.5. The number of piperazine rings is 1. The van der Waals surface area contributed by atoms with Crippen molar-refractivity contribution in [1.29, 1.82) is 0 Å². The quantitative estimate of drug-likeness (QED) is 0.263. The van der Waals surface area contributed by atoms with Gasteiger partial charge >= 0.3 is 0 Å². The van der Waals surface area contributed by atoms with E-state index in [4.69, 9.17) is 0 Å². The fraction of sp³-hybridized carbons (Fsp3) is 0.650. The second-order valence-electron chi connectivity index (χ2n) is 6.94. The number of hydrogen-bond donors (Lipinski definition) is 1. The lowest BCUT2D eigenvalue weighted by molar-refractivity contribution is 0.136. The Morgan fingerprint density at radius 1 is 1.11 bits per heavy atom. The summed E-state index contributed by atoms with van der Waals surface area (Å²) in [5.74, 6) is 0.681. The Labute approximate surface area is 181 Å². The number of guanidine groups is 1. The molecule has 2 rings (SSSR count). The number of benzene rings is 1. The molecular weight excluding hydrogens is 456 g/mol. The van der Waals surface area contributed by atoms with E-state index >= 15 is 0 Å². The van der Waals surface area contributed by atoms with E-state index in [1.54, 1.807) is 7.05 Å². The van der Waals surface area contributed by atoms with Crippen molar-refractivity contribution < 1.29 is 4.39 Å². The maximum atomic E-state index is 13.0. The number of nitrogens with one attached hydrogen (secondary N) is 1. The van der Waals surface area contributed by atoms with Crippen LogP contribution in [-0.2, 0) is 6.54 Å². The lowest BCUT2D eigenvalue weighted by Crippen LogP contribution is -2.46. The van der Waals surface area contributed by atoms with Crippen LogP contribution in [0, 0.1) is 5.82 Å². The molecule has 0 saturated carbocycles. The highest BCUT2D eigenvalue weighted by Gasteiger charge is 2.14. The molecule has 1 aromatic rings. The maximum absolute atomic E-state index is 13.0. The highest BCUT2D eigenvalue weighted by Crippen LogP contribution is 2.06. The molecular formula is C20H35FIN5. The van der Waals surface area contributed by atoms with Gasteiger partial charge in [0.1, 0.15) is 5.82 Å². The number of aliphatic imine (C=N–C) groups is 1. The smallest absolute Gasteiger partial charge is 0.193 e. The lowest BCUT2D eigenvalue weighted by atomic mass is 10.2. The lowest BCUT2D eigenvalue weighted by Gasteiger charge is -2.34. The monoisotopic (exact) mass is 491 g/mol. The minimum absolute atomic E-state index is 0. The minimum Gasteiger partial charge on any atom is -0.356 e. The summed E-state index contributed by atoms with van der Waals surface area (Å²) in [7, 11) is 3.81. The average Bonchev–Trinajstić information content (AvgIpc) is 2.67. The minimum atomic E-state index is -0.199. The molecule has 7 heteroatoms. The van der Waals surface area contributed by atoms with Crippen molar-refractivity contribution in [2.45, 2.75) is 26.3 Å². The topological polar surface area (TPSA) is 34.1 Å². The molecule has 1 aliphatic heterocycles. The summed E-state index contributed by atoms with van der Waals surface area (Å²) < 4.78 is 13.0. The Bertz CT molecular complexity index is 544. The van der Waals surface area contributed by atoms with Gasteiger partial charge in [-0.3, -0.25) is 4.99 Å². The summed E-state index contributed by atoms with van der Waals surface area (Å²) in [5, 5.41) is 3.43. The standard InChI is InChI=1S/C20H34FN5.HI/c1-4-25-13-15-26(16-14-25)12-6-5-11-23-20(22-2)24(3)17-18-7-9-19(21)10-8-18;/h7-10H,4-6,11-17H2,1-3H3,(H,22,23);1H. The van der Waals surface area contributed by atoms with Crippen LogP contribution >= 0.6 is 24.0 Å².